The van der Waals surface area contributed by atoms with Crippen LogP contribution in [-0.4, -0.2) is 42.8 Å². The summed E-state index contributed by atoms with van der Waals surface area (Å²) in [7, 11) is -9.89. The summed E-state index contributed by atoms with van der Waals surface area (Å²) < 4.78 is 67.9. The Morgan fingerprint density at radius 2 is 0.569 bits per heavy atom. The molecule has 0 unspecified atom stereocenters. The van der Waals surface area contributed by atoms with Gasteiger partial charge in [-0.15, -0.1) is 20.5 Å². The van der Waals surface area contributed by atoms with Crippen molar-refractivity contribution in [3.8, 4) is 0 Å². The molecule has 0 fully saturated rings. The molecule has 6 rings (SSSR count). The molecule has 314 valence electrons. The molecule has 14 nitrogen and oxygen atoms in total. The number of halogens is 2. The topological polar surface area (TPSA) is 243 Å². The molecular weight excluding hydrogens is 890 g/mol. The fraction of sp³-hybridized carbons (Fsp3) is 0.200. The van der Waals surface area contributed by atoms with Crippen LogP contribution in [0.3, 0.4) is 0 Å². The fourth-order valence-electron chi connectivity index (χ4n) is 5.17. The van der Waals surface area contributed by atoms with Gasteiger partial charge >= 0.3 is 34.1 Å². The van der Waals surface area contributed by atoms with Gasteiger partial charge in [0.2, 0.25) is 0 Å². The maximum Gasteiger partial charge on any atom is 2.00 e. The quantitative estimate of drug-likeness (QED) is 0.107. The average Bonchev–Trinajstić information content (AvgIpc) is 3.17. The minimum Gasteiger partial charge on any atom is -0.291 e. The summed E-state index contributed by atoms with van der Waals surface area (Å²) >= 11 is 0. The molecule has 2 aromatic carbocycles. The van der Waals surface area contributed by atoms with Gasteiger partial charge in [0, 0.05) is 64.1 Å². The van der Waals surface area contributed by atoms with Gasteiger partial charge in [0.15, 0.2) is 0 Å². The minimum atomic E-state index is -4.94. The van der Waals surface area contributed by atoms with Crippen molar-refractivity contribution in [3.63, 3.8) is 0 Å². The Kier molecular flexibility index (Phi) is 26.6. The van der Waals surface area contributed by atoms with Gasteiger partial charge in [-0.05, 0) is 72.5 Å². The molecule has 0 N–H and O–H groups in total. The zero-order valence-electron chi connectivity index (χ0n) is 31.0. The molecule has 0 aliphatic heterocycles. The van der Waals surface area contributed by atoms with E-state index in [-0.39, 0.29) is 34.1 Å². The van der Waals surface area contributed by atoms with Crippen LogP contribution in [0.5, 0.6) is 0 Å². The van der Waals surface area contributed by atoms with Gasteiger partial charge in [-0.3, -0.25) is 29.7 Å². The normalized spacial score (nSPS) is 10.7. The minimum absolute atomic E-state index is 0. The van der Waals surface area contributed by atoms with Crippen molar-refractivity contribution >= 4 is 0 Å². The SMILES string of the molecule is [Cu+2].[Cu+2].[O-][Cl+3]([O-])([O-])[O-].[O-][Cl+3]([O-])([O-])[O-].c1ccc(CCN(Cc2ccccn2)Cc2ccccn2)cc1.c1ccc(CCN(Cc2ccccn2)Cc2ccccn2)cc1. The van der Waals surface area contributed by atoms with Gasteiger partial charge in [-0.1, -0.05) is 84.9 Å². The molecule has 0 aliphatic carbocycles. The molecule has 0 saturated carbocycles. The molecule has 6 aromatic rings. The summed E-state index contributed by atoms with van der Waals surface area (Å²) in [5, 5.41) is 0. The Morgan fingerprint density at radius 1 is 0.345 bits per heavy atom. The first-order valence-electron chi connectivity index (χ1n) is 17.2. The molecule has 0 aliphatic rings. The first-order chi connectivity index (χ1) is 26.8. The van der Waals surface area contributed by atoms with E-state index in [1.807, 2.05) is 73.3 Å². The Labute approximate surface area is 364 Å². The molecule has 2 radical (unpaired) electrons. The summed E-state index contributed by atoms with van der Waals surface area (Å²) in [4.78, 5) is 22.6. The third-order valence-corrected chi connectivity index (χ3v) is 7.57. The van der Waals surface area contributed by atoms with Crippen molar-refractivity contribution in [2.24, 2.45) is 0 Å². The number of hydrogen-bond donors (Lipinski definition) is 0. The summed E-state index contributed by atoms with van der Waals surface area (Å²) in [6.45, 7) is 5.32. The van der Waals surface area contributed by atoms with Crippen LogP contribution >= 0.6 is 0 Å². The monoisotopic (exact) mass is 930 g/mol. The predicted molar refractivity (Wildman–Crippen MR) is 185 cm³/mol. The zero-order valence-corrected chi connectivity index (χ0v) is 34.4. The van der Waals surface area contributed by atoms with Crippen molar-refractivity contribution in [1.29, 1.82) is 0 Å². The second-order valence-electron chi connectivity index (χ2n) is 11.9. The van der Waals surface area contributed by atoms with Gasteiger partial charge in [0.25, 0.3) is 0 Å². The van der Waals surface area contributed by atoms with E-state index < -0.39 is 20.5 Å². The van der Waals surface area contributed by atoms with E-state index in [4.69, 9.17) is 37.3 Å². The molecule has 0 spiro atoms. The summed E-state index contributed by atoms with van der Waals surface area (Å²) in [5.41, 5.74) is 7.10. The number of benzene rings is 2. The van der Waals surface area contributed by atoms with E-state index in [1.54, 1.807) is 0 Å². The average molecular weight is 933 g/mol. The van der Waals surface area contributed by atoms with E-state index in [9.17, 15) is 0 Å². The van der Waals surface area contributed by atoms with Crippen molar-refractivity contribution in [2.75, 3.05) is 13.1 Å². The predicted octanol–water partition coefficient (Wildman–Crippen LogP) is -2.07. The van der Waals surface area contributed by atoms with E-state index >= 15 is 0 Å². The van der Waals surface area contributed by atoms with Crippen molar-refractivity contribution in [2.45, 2.75) is 39.0 Å². The number of rotatable bonds is 14. The van der Waals surface area contributed by atoms with Gasteiger partial charge < -0.3 is 0 Å². The molecule has 4 aromatic heterocycles. The van der Waals surface area contributed by atoms with Crippen LogP contribution in [-0.2, 0) is 73.2 Å². The van der Waals surface area contributed by atoms with E-state index in [0.29, 0.717) is 0 Å². The Morgan fingerprint density at radius 3 is 0.776 bits per heavy atom. The van der Waals surface area contributed by atoms with E-state index in [0.717, 1.165) is 74.9 Å². The van der Waals surface area contributed by atoms with E-state index in [2.05, 4.69) is 115 Å². The fourth-order valence-corrected chi connectivity index (χ4v) is 5.17. The summed E-state index contributed by atoms with van der Waals surface area (Å²) in [6, 6.07) is 45.5. The third-order valence-electron chi connectivity index (χ3n) is 7.57. The number of pyridine rings is 4. The standard InChI is InChI=1S/2C20H21N3.2ClHO4.2Cu/c2*1-2-8-18(9-3-1)12-15-23(16-19-10-4-6-13-21-19)17-20-11-5-7-14-22-20;2*2-1(3,4)5;;/h2*1-11,13-14H,12,15-17H2;2*(H,2,3,4,5);;/q;;;;2*+2/p-2. The maximum atomic E-state index is 8.49. The Bertz CT molecular complexity index is 1630. The third kappa shape index (κ3) is 27.8. The van der Waals surface area contributed by atoms with Crippen molar-refractivity contribution in [3.05, 3.63) is 192 Å². The van der Waals surface area contributed by atoms with Crippen LogP contribution in [0.1, 0.15) is 33.9 Å². The molecule has 4 heterocycles. The van der Waals surface area contributed by atoms with Gasteiger partial charge in [-0.2, -0.15) is 0 Å². The first kappa shape index (κ1) is 52.3. The molecular formula is C40H42Cl2Cu2N6O8+2. The smallest absolute Gasteiger partial charge is 0.291 e. The van der Waals surface area contributed by atoms with Crippen LogP contribution in [0.4, 0.5) is 0 Å². The molecule has 0 bridgehead atoms. The second-order valence-corrected chi connectivity index (χ2v) is 13.4. The van der Waals surface area contributed by atoms with Crippen LogP contribution < -0.4 is 37.3 Å². The second kappa shape index (κ2) is 29.5. The van der Waals surface area contributed by atoms with Crippen LogP contribution in [0.15, 0.2) is 158 Å². The molecule has 58 heavy (non-hydrogen) atoms. The zero-order chi connectivity index (χ0) is 40.5. The van der Waals surface area contributed by atoms with Crippen molar-refractivity contribution in [1.82, 2.24) is 29.7 Å². The van der Waals surface area contributed by atoms with Crippen LogP contribution in [0, 0.1) is 20.5 Å². The molecule has 0 amide bonds. The number of nitrogens with zero attached hydrogens (tertiary/aromatic N) is 6. The largest absolute Gasteiger partial charge is 2.00 e. The maximum absolute atomic E-state index is 8.49. The van der Waals surface area contributed by atoms with Crippen LogP contribution in [0.25, 0.3) is 0 Å². The first-order valence-corrected chi connectivity index (χ1v) is 19.6. The molecule has 0 saturated heterocycles. The Balaban J connectivity index is 0.000000458. The van der Waals surface area contributed by atoms with Crippen molar-refractivity contribution < 1.29 is 91.9 Å². The number of aromatic nitrogens is 4. The summed E-state index contributed by atoms with van der Waals surface area (Å²) in [5.74, 6) is 0. The van der Waals surface area contributed by atoms with Gasteiger partial charge in [0.05, 0.1) is 22.8 Å². The van der Waals surface area contributed by atoms with Gasteiger partial charge in [-0.25, -0.2) is 37.3 Å². The Hall–Kier alpha value is -3.74. The summed E-state index contributed by atoms with van der Waals surface area (Å²) in [6.07, 6.45) is 9.47. The molecule has 18 heteroatoms. The number of hydrogen-bond acceptors (Lipinski definition) is 14. The van der Waals surface area contributed by atoms with Gasteiger partial charge in [0.1, 0.15) is 0 Å². The molecule has 0 atom stereocenters. The van der Waals surface area contributed by atoms with E-state index in [1.165, 1.54) is 11.1 Å². The van der Waals surface area contributed by atoms with Crippen LogP contribution in [0.2, 0.25) is 0 Å².